The molecular weight excluding hydrogens is 546 g/mol. The fraction of sp³-hybridized carbons (Fsp3) is 0.364. The van der Waals surface area contributed by atoms with E-state index >= 15 is 0 Å². The number of ether oxygens (including phenoxy) is 1. The minimum absolute atomic E-state index is 0.0720. The van der Waals surface area contributed by atoms with Crippen LogP contribution in [0.3, 0.4) is 0 Å². The normalized spacial score (nSPS) is 13.4. The summed E-state index contributed by atoms with van der Waals surface area (Å²) in [5.74, 6) is 0.821. The molecule has 0 bridgehead atoms. The van der Waals surface area contributed by atoms with Crippen LogP contribution in [-0.4, -0.2) is 62.9 Å². The van der Waals surface area contributed by atoms with E-state index in [4.69, 9.17) is 4.74 Å². The van der Waals surface area contributed by atoms with Gasteiger partial charge in [0.1, 0.15) is 17.4 Å². The third-order valence-electron chi connectivity index (χ3n) is 6.25. The van der Waals surface area contributed by atoms with Crippen LogP contribution in [0.4, 0.5) is 5.69 Å². The summed E-state index contributed by atoms with van der Waals surface area (Å²) in [6, 6.07) is 15.6. The summed E-state index contributed by atoms with van der Waals surface area (Å²) in [5.41, 5.74) is 5.56. The van der Waals surface area contributed by atoms with Crippen molar-refractivity contribution in [3.63, 3.8) is 0 Å². The molecule has 0 saturated heterocycles. The molecule has 1 aromatic heterocycles. The average molecular weight is 592 g/mol. The highest BCUT2D eigenvalue weighted by Gasteiger charge is 2.20. The second-order valence-electron chi connectivity index (χ2n) is 9.66. The highest BCUT2D eigenvalue weighted by Crippen LogP contribution is 2.37. The van der Waals surface area contributed by atoms with E-state index in [9.17, 15) is 9.59 Å². The topological polar surface area (TPSA) is 95.6 Å². The number of nitrogens with one attached hydrogen (secondary N) is 3. The first-order valence-corrected chi connectivity index (χ1v) is 15.1. The van der Waals surface area contributed by atoms with Crippen LogP contribution in [0.2, 0.25) is 0 Å². The van der Waals surface area contributed by atoms with Gasteiger partial charge in [0.25, 0.3) is 5.91 Å². The van der Waals surface area contributed by atoms with E-state index < -0.39 is 0 Å². The zero-order chi connectivity index (χ0) is 30.9. The van der Waals surface area contributed by atoms with Crippen LogP contribution in [0.25, 0.3) is 0 Å². The van der Waals surface area contributed by atoms with Crippen molar-refractivity contribution in [2.45, 2.75) is 39.5 Å². The van der Waals surface area contributed by atoms with Crippen molar-refractivity contribution in [1.29, 1.82) is 0 Å². The Labute approximate surface area is 255 Å². The van der Waals surface area contributed by atoms with Gasteiger partial charge in [-0.3, -0.25) is 14.6 Å². The lowest BCUT2D eigenvalue weighted by Gasteiger charge is -2.13. The molecule has 8 nitrogen and oxygen atoms in total. The zero-order valence-corrected chi connectivity index (χ0v) is 26.7. The molecule has 1 amide bonds. The van der Waals surface area contributed by atoms with Gasteiger partial charge >= 0.3 is 0 Å². The number of pyridine rings is 1. The van der Waals surface area contributed by atoms with Crippen molar-refractivity contribution in [1.82, 2.24) is 20.5 Å². The lowest BCUT2D eigenvalue weighted by atomic mass is 10.1. The summed E-state index contributed by atoms with van der Waals surface area (Å²) in [6.45, 7) is 10.1. The fourth-order valence-corrected chi connectivity index (χ4v) is 4.90. The van der Waals surface area contributed by atoms with Crippen molar-refractivity contribution in [3.8, 4) is 5.75 Å². The largest absolute Gasteiger partial charge is 0.494 e. The van der Waals surface area contributed by atoms with Gasteiger partial charge in [-0.1, -0.05) is 43.8 Å². The minimum atomic E-state index is -0.0720. The number of carbonyl (C=O) groups excluding carboxylic acids is 2. The summed E-state index contributed by atoms with van der Waals surface area (Å²) in [5, 5.41) is 9.66. The average Bonchev–Trinajstić information content (AvgIpc) is 3.49. The quantitative estimate of drug-likeness (QED) is 0.179. The number of hydrogen-bond donors (Lipinski definition) is 3. The van der Waals surface area contributed by atoms with Crippen molar-refractivity contribution in [2.75, 3.05) is 46.2 Å². The Morgan fingerprint density at radius 2 is 1.83 bits per heavy atom. The summed E-state index contributed by atoms with van der Waals surface area (Å²) >= 11 is 1.72. The fourth-order valence-electron chi connectivity index (χ4n) is 3.87. The van der Waals surface area contributed by atoms with Crippen molar-refractivity contribution in [2.24, 2.45) is 0 Å². The minimum Gasteiger partial charge on any atom is -0.494 e. The van der Waals surface area contributed by atoms with E-state index in [1.807, 2.05) is 71.3 Å². The van der Waals surface area contributed by atoms with Crippen LogP contribution in [0.15, 0.2) is 72.0 Å². The molecule has 4 rings (SSSR count). The molecule has 226 valence electrons. The Morgan fingerprint density at radius 3 is 2.45 bits per heavy atom. The van der Waals surface area contributed by atoms with E-state index in [1.165, 1.54) is 5.56 Å². The maximum absolute atomic E-state index is 12.5. The SMILES string of the molecule is CC.CNc1cc(C(=O)NCC2=CNC(c3ccc(OCCCN(C)C)cc3)S2)ccc1C.Cc1cnccc1C=O. The summed E-state index contributed by atoms with van der Waals surface area (Å²) in [7, 11) is 5.99. The number of thioether (sulfide) groups is 1. The van der Waals surface area contributed by atoms with Gasteiger partial charge in [-0.05, 0) is 81.4 Å². The molecule has 2 aromatic carbocycles. The molecule has 1 atom stereocenters. The molecule has 42 heavy (non-hydrogen) atoms. The number of benzene rings is 2. The number of aryl methyl sites for hydroxylation is 2. The number of hydrogen-bond acceptors (Lipinski definition) is 8. The molecule has 0 radical (unpaired) electrons. The zero-order valence-electron chi connectivity index (χ0n) is 25.9. The number of aldehydes is 1. The summed E-state index contributed by atoms with van der Waals surface area (Å²) < 4.78 is 5.81. The van der Waals surface area contributed by atoms with Crippen molar-refractivity contribution >= 4 is 29.6 Å². The van der Waals surface area contributed by atoms with E-state index in [1.54, 1.807) is 30.2 Å². The second kappa shape index (κ2) is 18.6. The predicted octanol–water partition coefficient (Wildman–Crippen LogP) is 6.20. The Kier molecular flexibility index (Phi) is 15.2. The molecule has 0 saturated carbocycles. The maximum atomic E-state index is 12.5. The first-order valence-electron chi connectivity index (χ1n) is 14.2. The molecule has 0 aliphatic carbocycles. The van der Waals surface area contributed by atoms with E-state index in [0.717, 1.165) is 53.3 Å². The lowest BCUT2D eigenvalue weighted by molar-refractivity contribution is 0.0957. The summed E-state index contributed by atoms with van der Waals surface area (Å²) in [6.07, 6.45) is 7.10. The lowest BCUT2D eigenvalue weighted by Crippen LogP contribution is -2.25. The maximum Gasteiger partial charge on any atom is 0.251 e. The third-order valence-corrected chi connectivity index (χ3v) is 7.46. The Hall–Kier alpha value is -3.82. The number of aromatic nitrogens is 1. The van der Waals surface area contributed by atoms with E-state index in [0.29, 0.717) is 17.7 Å². The Bertz CT molecular complexity index is 1300. The predicted molar refractivity (Wildman–Crippen MR) is 175 cm³/mol. The van der Waals surface area contributed by atoms with Crippen LogP contribution >= 0.6 is 11.8 Å². The third kappa shape index (κ3) is 11.2. The monoisotopic (exact) mass is 591 g/mol. The molecule has 0 spiro atoms. The molecule has 3 N–H and O–H groups in total. The number of nitrogens with zero attached hydrogens (tertiary/aromatic N) is 2. The van der Waals surface area contributed by atoms with Gasteiger partial charge in [-0.25, -0.2) is 0 Å². The smallest absolute Gasteiger partial charge is 0.251 e. The van der Waals surface area contributed by atoms with Gasteiger partial charge < -0.3 is 25.6 Å². The first-order chi connectivity index (χ1) is 20.3. The molecule has 2 heterocycles. The molecule has 1 unspecified atom stereocenters. The van der Waals surface area contributed by atoms with Gasteiger partial charge in [0.15, 0.2) is 0 Å². The molecule has 1 aliphatic rings. The molecule has 1 aliphatic heterocycles. The summed E-state index contributed by atoms with van der Waals surface area (Å²) in [4.78, 5) is 29.8. The van der Waals surface area contributed by atoms with Crippen molar-refractivity contribution < 1.29 is 14.3 Å². The molecular formula is C33H45N5O3S. The standard InChI is InChI=1S/C24H32N4O2S.C7H7NO.C2H6/c1-17-6-7-19(14-22(17)25-2)23(29)26-15-21-16-27-24(31-21)18-8-10-20(11-9-18)30-13-5-12-28(3)4;1-6-4-8-3-2-7(6)5-9;1-2/h6-11,14,16,24-25,27H,5,12-13,15H2,1-4H3,(H,26,29);2-5H,1H3;1-2H3. The number of carbonyl (C=O) groups is 2. The van der Waals surface area contributed by atoms with Gasteiger partial charge in [-0.2, -0.15) is 0 Å². The van der Waals surface area contributed by atoms with Crippen LogP contribution in [0.5, 0.6) is 5.75 Å². The Balaban J connectivity index is 0.000000473. The molecule has 0 fully saturated rings. The van der Waals surface area contributed by atoms with Crippen LogP contribution in [0.1, 0.15) is 63.0 Å². The van der Waals surface area contributed by atoms with Gasteiger partial charge in [0.2, 0.25) is 0 Å². The van der Waals surface area contributed by atoms with Gasteiger partial charge in [-0.15, -0.1) is 0 Å². The number of amides is 1. The van der Waals surface area contributed by atoms with E-state index in [-0.39, 0.29) is 11.3 Å². The van der Waals surface area contributed by atoms with Crippen LogP contribution < -0.4 is 20.7 Å². The van der Waals surface area contributed by atoms with Crippen molar-refractivity contribution in [3.05, 3.63) is 99.8 Å². The van der Waals surface area contributed by atoms with Crippen LogP contribution in [-0.2, 0) is 0 Å². The van der Waals surface area contributed by atoms with Crippen LogP contribution in [0, 0.1) is 13.8 Å². The number of rotatable bonds is 11. The van der Waals surface area contributed by atoms with E-state index in [2.05, 4.69) is 52.1 Å². The highest BCUT2D eigenvalue weighted by atomic mass is 32.2. The second-order valence-corrected chi connectivity index (χ2v) is 10.9. The highest BCUT2D eigenvalue weighted by molar-refractivity contribution is 8.03. The van der Waals surface area contributed by atoms with Gasteiger partial charge in [0.05, 0.1) is 13.2 Å². The molecule has 3 aromatic rings. The first kappa shape index (κ1) is 34.4. The van der Waals surface area contributed by atoms with Gasteiger partial charge in [0, 0.05) is 53.9 Å². The number of anilines is 1. The molecule has 9 heteroatoms. The Morgan fingerprint density at radius 1 is 1.10 bits per heavy atom.